The SMILES string of the molecule is COC(=O)C(=O)N(CC(C)C)C(C)C. The first-order valence-electron chi connectivity index (χ1n) is 4.79. The number of hydrogen-bond acceptors (Lipinski definition) is 3. The summed E-state index contributed by atoms with van der Waals surface area (Å²) in [6.07, 6.45) is 0. The minimum absolute atomic E-state index is 0.0176. The van der Waals surface area contributed by atoms with Crippen LogP contribution in [0.1, 0.15) is 27.7 Å². The minimum Gasteiger partial charge on any atom is -0.462 e. The zero-order chi connectivity index (χ0) is 11.3. The van der Waals surface area contributed by atoms with Crippen molar-refractivity contribution in [2.75, 3.05) is 13.7 Å². The number of nitrogens with zero attached hydrogens (tertiary/aromatic N) is 1. The van der Waals surface area contributed by atoms with Gasteiger partial charge < -0.3 is 9.64 Å². The van der Waals surface area contributed by atoms with E-state index in [0.29, 0.717) is 12.5 Å². The Labute approximate surface area is 85.2 Å². The fraction of sp³-hybridized carbons (Fsp3) is 0.800. The number of methoxy groups -OCH3 is 1. The molecule has 0 aliphatic heterocycles. The summed E-state index contributed by atoms with van der Waals surface area (Å²) in [4.78, 5) is 24.1. The second-order valence-corrected chi connectivity index (χ2v) is 3.94. The van der Waals surface area contributed by atoms with Gasteiger partial charge in [-0.05, 0) is 19.8 Å². The van der Waals surface area contributed by atoms with Crippen LogP contribution >= 0.6 is 0 Å². The van der Waals surface area contributed by atoms with Crippen LogP contribution in [-0.2, 0) is 14.3 Å². The predicted octanol–water partition coefficient (Wildman–Crippen LogP) is 1.05. The van der Waals surface area contributed by atoms with Crippen LogP contribution in [-0.4, -0.2) is 36.5 Å². The summed E-state index contributed by atoms with van der Waals surface area (Å²) in [6.45, 7) is 8.33. The van der Waals surface area contributed by atoms with Crippen molar-refractivity contribution < 1.29 is 14.3 Å². The molecule has 0 aromatic rings. The van der Waals surface area contributed by atoms with Crippen molar-refractivity contribution in [1.29, 1.82) is 0 Å². The number of amides is 1. The van der Waals surface area contributed by atoms with Gasteiger partial charge in [0.1, 0.15) is 0 Å². The van der Waals surface area contributed by atoms with Gasteiger partial charge in [-0.25, -0.2) is 4.79 Å². The average Bonchev–Trinajstić information content (AvgIpc) is 2.11. The van der Waals surface area contributed by atoms with Gasteiger partial charge in [0.2, 0.25) is 0 Å². The Hall–Kier alpha value is -1.06. The Morgan fingerprint density at radius 1 is 1.21 bits per heavy atom. The molecule has 0 rings (SSSR count). The Morgan fingerprint density at radius 3 is 2.00 bits per heavy atom. The van der Waals surface area contributed by atoms with E-state index in [9.17, 15) is 9.59 Å². The average molecular weight is 201 g/mol. The molecule has 0 aliphatic rings. The second kappa shape index (κ2) is 5.62. The molecule has 0 saturated heterocycles. The molecule has 82 valence electrons. The third-order valence-electron chi connectivity index (χ3n) is 1.81. The summed E-state index contributed by atoms with van der Waals surface area (Å²) in [5, 5.41) is 0. The first-order chi connectivity index (χ1) is 6.40. The number of rotatable bonds is 3. The van der Waals surface area contributed by atoms with Crippen molar-refractivity contribution >= 4 is 11.9 Å². The zero-order valence-corrected chi connectivity index (χ0v) is 9.53. The number of esters is 1. The van der Waals surface area contributed by atoms with E-state index in [1.807, 2.05) is 27.7 Å². The van der Waals surface area contributed by atoms with Gasteiger partial charge in [0.25, 0.3) is 0 Å². The van der Waals surface area contributed by atoms with E-state index in [-0.39, 0.29) is 6.04 Å². The quantitative estimate of drug-likeness (QED) is 0.506. The molecule has 0 saturated carbocycles. The van der Waals surface area contributed by atoms with Crippen LogP contribution in [0.5, 0.6) is 0 Å². The Kier molecular flexibility index (Phi) is 5.20. The minimum atomic E-state index is -0.792. The van der Waals surface area contributed by atoms with Gasteiger partial charge >= 0.3 is 11.9 Å². The second-order valence-electron chi connectivity index (χ2n) is 3.94. The summed E-state index contributed by atoms with van der Waals surface area (Å²) in [6, 6.07) is 0.0176. The highest BCUT2D eigenvalue weighted by Crippen LogP contribution is 2.05. The number of carbonyl (C=O) groups is 2. The van der Waals surface area contributed by atoms with Crippen LogP contribution in [0.4, 0.5) is 0 Å². The van der Waals surface area contributed by atoms with Crippen molar-refractivity contribution in [2.45, 2.75) is 33.7 Å². The lowest BCUT2D eigenvalue weighted by Gasteiger charge is -2.27. The largest absolute Gasteiger partial charge is 0.462 e. The van der Waals surface area contributed by atoms with Crippen LogP contribution in [0.25, 0.3) is 0 Å². The number of hydrogen-bond donors (Lipinski definition) is 0. The van der Waals surface area contributed by atoms with E-state index in [2.05, 4.69) is 4.74 Å². The molecule has 0 N–H and O–H groups in total. The normalized spacial score (nSPS) is 10.5. The molecule has 4 nitrogen and oxygen atoms in total. The lowest BCUT2D eigenvalue weighted by atomic mass is 10.2. The highest BCUT2D eigenvalue weighted by atomic mass is 16.5. The van der Waals surface area contributed by atoms with E-state index in [1.54, 1.807) is 0 Å². The van der Waals surface area contributed by atoms with Gasteiger partial charge in [0.05, 0.1) is 7.11 Å². The maximum absolute atomic E-state index is 11.5. The fourth-order valence-corrected chi connectivity index (χ4v) is 1.13. The Balaban J connectivity index is 4.49. The van der Waals surface area contributed by atoms with Crippen molar-refractivity contribution in [3.63, 3.8) is 0 Å². The van der Waals surface area contributed by atoms with E-state index in [0.717, 1.165) is 0 Å². The van der Waals surface area contributed by atoms with E-state index >= 15 is 0 Å². The molecule has 0 spiro atoms. The molecule has 1 amide bonds. The lowest BCUT2D eigenvalue weighted by Crippen LogP contribution is -2.43. The van der Waals surface area contributed by atoms with E-state index in [4.69, 9.17) is 0 Å². The molecule has 0 fully saturated rings. The summed E-state index contributed by atoms with van der Waals surface area (Å²) >= 11 is 0. The van der Waals surface area contributed by atoms with E-state index in [1.165, 1.54) is 12.0 Å². The first-order valence-corrected chi connectivity index (χ1v) is 4.79. The monoisotopic (exact) mass is 201 g/mol. The topological polar surface area (TPSA) is 46.6 Å². The van der Waals surface area contributed by atoms with Crippen molar-refractivity contribution in [3.8, 4) is 0 Å². The molecular weight excluding hydrogens is 182 g/mol. The third kappa shape index (κ3) is 3.77. The molecule has 0 atom stereocenters. The van der Waals surface area contributed by atoms with E-state index < -0.39 is 11.9 Å². The van der Waals surface area contributed by atoms with Crippen LogP contribution in [0.2, 0.25) is 0 Å². The molecule has 0 unspecified atom stereocenters. The van der Waals surface area contributed by atoms with Gasteiger partial charge in [0, 0.05) is 12.6 Å². The summed E-state index contributed by atoms with van der Waals surface area (Å²) in [5.41, 5.74) is 0. The standard InChI is InChI=1S/C10H19NO3/c1-7(2)6-11(8(3)4)9(12)10(13)14-5/h7-8H,6H2,1-5H3. The van der Waals surface area contributed by atoms with Crippen LogP contribution < -0.4 is 0 Å². The van der Waals surface area contributed by atoms with Gasteiger partial charge in [-0.15, -0.1) is 0 Å². The number of carbonyl (C=O) groups excluding carboxylic acids is 2. The predicted molar refractivity (Wildman–Crippen MR) is 53.7 cm³/mol. The summed E-state index contributed by atoms with van der Waals surface area (Å²) in [7, 11) is 1.22. The van der Waals surface area contributed by atoms with Crippen LogP contribution in [0.15, 0.2) is 0 Å². The molecule has 0 aliphatic carbocycles. The highest BCUT2D eigenvalue weighted by molar-refractivity contribution is 6.32. The van der Waals surface area contributed by atoms with Crippen molar-refractivity contribution in [2.24, 2.45) is 5.92 Å². The molecule has 4 heteroatoms. The van der Waals surface area contributed by atoms with Gasteiger partial charge in [-0.1, -0.05) is 13.8 Å². The van der Waals surface area contributed by atoms with Gasteiger partial charge in [0.15, 0.2) is 0 Å². The third-order valence-corrected chi connectivity index (χ3v) is 1.81. The molecule has 0 aromatic heterocycles. The molecule has 0 bridgehead atoms. The van der Waals surface area contributed by atoms with Gasteiger partial charge in [-0.2, -0.15) is 0 Å². The van der Waals surface area contributed by atoms with Crippen LogP contribution in [0.3, 0.4) is 0 Å². The lowest BCUT2D eigenvalue weighted by molar-refractivity contribution is -0.159. The van der Waals surface area contributed by atoms with Crippen molar-refractivity contribution in [1.82, 2.24) is 4.90 Å². The fourth-order valence-electron chi connectivity index (χ4n) is 1.13. The zero-order valence-electron chi connectivity index (χ0n) is 9.53. The van der Waals surface area contributed by atoms with Crippen molar-refractivity contribution in [3.05, 3.63) is 0 Å². The first kappa shape index (κ1) is 12.9. The number of ether oxygens (including phenoxy) is 1. The Morgan fingerprint density at radius 2 is 1.71 bits per heavy atom. The molecule has 14 heavy (non-hydrogen) atoms. The molecule has 0 radical (unpaired) electrons. The molecular formula is C10H19NO3. The smallest absolute Gasteiger partial charge is 0.396 e. The summed E-state index contributed by atoms with van der Waals surface area (Å²) in [5.74, 6) is -1.01. The molecule has 0 heterocycles. The van der Waals surface area contributed by atoms with Crippen LogP contribution in [0, 0.1) is 5.92 Å². The maximum Gasteiger partial charge on any atom is 0.396 e. The van der Waals surface area contributed by atoms with Gasteiger partial charge in [-0.3, -0.25) is 4.79 Å². The maximum atomic E-state index is 11.5. The highest BCUT2D eigenvalue weighted by Gasteiger charge is 2.25. The summed E-state index contributed by atoms with van der Waals surface area (Å²) < 4.78 is 4.39. The molecule has 0 aromatic carbocycles. The Bertz CT molecular complexity index is 211.